The van der Waals surface area contributed by atoms with E-state index in [1.54, 1.807) is 12.1 Å². The Labute approximate surface area is 113 Å². The number of hydrogen-bond acceptors (Lipinski definition) is 3. The monoisotopic (exact) mass is 263 g/mol. The summed E-state index contributed by atoms with van der Waals surface area (Å²) in [7, 11) is 0. The zero-order valence-electron chi connectivity index (χ0n) is 11.5. The number of aliphatic hydroxyl groups excluding tert-OH is 1. The summed E-state index contributed by atoms with van der Waals surface area (Å²) in [4.78, 5) is 23.4. The first-order valence-corrected chi connectivity index (χ1v) is 6.57. The number of ketones is 1. The van der Waals surface area contributed by atoms with Gasteiger partial charge in [0.2, 0.25) is 5.91 Å². The van der Waals surface area contributed by atoms with Crippen molar-refractivity contribution in [3.05, 3.63) is 35.4 Å². The van der Waals surface area contributed by atoms with Crippen molar-refractivity contribution in [2.24, 2.45) is 0 Å². The van der Waals surface area contributed by atoms with Crippen molar-refractivity contribution in [2.75, 3.05) is 6.61 Å². The van der Waals surface area contributed by atoms with Crippen LogP contribution in [0.3, 0.4) is 0 Å². The van der Waals surface area contributed by atoms with Gasteiger partial charge in [-0.05, 0) is 13.3 Å². The number of carbonyl (C=O) groups is 2. The number of carbonyl (C=O) groups excluding carboxylic acids is 2. The first kappa shape index (κ1) is 15.4. The summed E-state index contributed by atoms with van der Waals surface area (Å²) in [6.45, 7) is 3.77. The molecule has 1 aromatic carbocycles. The van der Waals surface area contributed by atoms with Crippen molar-refractivity contribution in [3.63, 3.8) is 0 Å². The summed E-state index contributed by atoms with van der Waals surface area (Å²) in [5.41, 5.74) is 1.73. The van der Waals surface area contributed by atoms with Crippen molar-refractivity contribution in [2.45, 2.75) is 39.2 Å². The van der Waals surface area contributed by atoms with Crippen LogP contribution in [0.5, 0.6) is 0 Å². The molecule has 19 heavy (non-hydrogen) atoms. The highest BCUT2D eigenvalue weighted by Gasteiger charge is 2.12. The van der Waals surface area contributed by atoms with Gasteiger partial charge in [0.05, 0.1) is 12.6 Å². The molecule has 1 unspecified atom stereocenters. The van der Waals surface area contributed by atoms with Gasteiger partial charge in [-0.2, -0.15) is 0 Å². The summed E-state index contributed by atoms with van der Waals surface area (Å²) < 4.78 is 0. The Bertz CT molecular complexity index is 422. The minimum atomic E-state index is -0.220. The second kappa shape index (κ2) is 7.69. The fraction of sp³-hybridized carbons (Fsp3) is 0.467. The lowest BCUT2D eigenvalue weighted by molar-refractivity contribution is -0.122. The third-order valence-electron chi connectivity index (χ3n) is 3.03. The molecule has 4 heteroatoms. The fourth-order valence-corrected chi connectivity index (χ4v) is 1.69. The minimum absolute atomic E-state index is 0.0350. The number of hydrogen-bond donors (Lipinski definition) is 2. The largest absolute Gasteiger partial charge is 0.394 e. The zero-order valence-corrected chi connectivity index (χ0v) is 11.5. The maximum absolute atomic E-state index is 11.9. The summed E-state index contributed by atoms with van der Waals surface area (Å²) in [5, 5.41) is 11.7. The average Bonchev–Trinajstić information content (AvgIpc) is 2.43. The van der Waals surface area contributed by atoms with E-state index >= 15 is 0 Å². The fourth-order valence-electron chi connectivity index (χ4n) is 1.69. The molecule has 0 saturated carbocycles. The maximum atomic E-state index is 11.9. The highest BCUT2D eigenvalue weighted by molar-refractivity contribution is 5.97. The number of nitrogens with one attached hydrogen (secondary N) is 1. The van der Waals surface area contributed by atoms with Gasteiger partial charge in [0, 0.05) is 18.4 Å². The molecule has 2 N–H and O–H groups in total. The molecule has 0 heterocycles. The second-order valence-electron chi connectivity index (χ2n) is 4.64. The van der Waals surface area contributed by atoms with Gasteiger partial charge in [0.1, 0.15) is 0 Å². The predicted octanol–water partition coefficient (Wildman–Crippen LogP) is 1.85. The van der Waals surface area contributed by atoms with Crippen LogP contribution in [0.25, 0.3) is 0 Å². The smallest absolute Gasteiger partial charge is 0.220 e. The van der Waals surface area contributed by atoms with E-state index in [1.807, 2.05) is 26.0 Å². The van der Waals surface area contributed by atoms with E-state index in [4.69, 9.17) is 5.11 Å². The van der Waals surface area contributed by atoms with Crippen molar-refractivity contribution in [1.29, 1.82) is 0 Å². The standard InChI is InChI=1S/C15H21NO3/c1-3-13(10-17)16-15(19)9-8-14(18)12-6-4-11(2)5-7-12/h4-7,13,17H,3,8-10H2,1-2H3,(H,16,19). The molecule has 0 aliphatic carbocycles. The number of aliphatic hydroxyl groups is 1. The molecule has 1 aromatic rings. The molecule has 4 nitrogen and oxygen atoms in total. The quantitative estimate of drug-likeness (QED) is 0.738. The third kappa shape index (κ3) is 5.22. The number of amides is 1. The molecule has 0 bridgehead atoms. The van der Waals surface area contributed by atoms with Crippen LogP contribution in [0, 0.1) is 6.92 Å². The van der Waals surface area contributed by atoms with E-state index in [2.05, 4.69) is 5.32 Å². The highest BCUT2D eigenvalue weighted by atomic mass is 16.3. The van der Waals surface area contributed by atoms with Crippen LogP contribution < -0.4 is 5.32 Å². The summed E-state index contributed by atoms with van der Waals surface area (Å²) in [6, 6.07) is 7.09. The molecule has 1 rings (SSSR count). The van der Waals surface area contributed by atoms with Gasteiger partial charge in [0.25, 0.3) is 0 Å². The van der Waals surface area contributed by atoms with Crippen LogP contribution in [-0.4, -0.2) is 29.4 Å². The average molecular weight is 263 g/mol. The first-order chi connectivity index (χ1) is 9.06. The van der Waals surface area contributed by atoms with Gasteiger partial charge in [-0.3, -0.25) is 9.59 Å². The van der Waals surface area contributed by atoms with Gasteiger partial charge in [0.15, 0.2) is 5.78 Å². The zero-order chi connectivity index (χ0) is 14.3. The molecule has 0 radical (unpaired) electrons. The number of Topliss-reactive ketones (excluding diaryl/α,β-unsaturated/α-hetero) is 1. The number of benzene rings is 1. The summed E-state index contributed by atoms with van der Waals surface area (Å²) in [6.07, 6.45) is 1.02. The van der Waals surface area contributed by atoms with Crippen LogP contribution >= 0.6 is 0 Å². The van der Waals surface area contributed by atoms with E-state index < -0.39 is 0 Å². The molecule has 1 amide bonds. The van der Waals surface area contributed by atoms with E-state index in [-0.39, 0.29) is 37.2 Å². The molecular weight excluding hydrogens is 242 g/mol. The lowest BCUT2D eigenvalue weighted by atomic mass is 10.0. The lowest BCUT2D eigenvalue weighted by Crippen LogP contribution is -2.37. The molecule has 0 saturated heterocycles. The Hall–Kier alpha value is -1.68. The number of rotatable bonds is 7. The Morgan fingerprint density at radius 1 is 1.21 bits per heavy atom. The normalized spacial score (nSPS) is 11.9. The molecule has 0 aliphatic rings. The van der Waals surface area contributed by atoms with E-state index in [0.717, 1.165) is 5.56 Å². The Balaban J connectivity index is 2.41. The second-order valence-corrected chi connectivity index (χ2v) is 4.64. The summed E-state index contributed by atoms with van der Waals surface area (Å²) in [5.74, 6) is -0.228. The minimum Gasteiger partial charge on any atom is -0.394 e. The molecule has 1 atom stereocenters. The lowest BCUT2D eigenvalue weighted by Gasteiger charge is -2.13. The van der Waals surface area contributed by atoms with Gasteiger partial charge in [-0.15, -0.1) is 0 Å². The predicted molar refractivity (Wildman–Crippen MR) is 74.1 cm³/mol. The molecular formula is C15H21NO3. The third-order valence-corrected chi connectivity index (χ3v) is 3.03. The number of aryl methyl sites for hydroxylation is 1. The van der Waals surface area contributed by atoms with Gasteiger partial charge < -0.3 is 10.4 Å². The van der Waals surface area contributed by atoms with E-state index in [0.29, 0.717) is 12.0 Å². The van der Waals surface area contributed by atoms with Crippen LogP contribution in [0.15, 0.2) is 24.3 Å². The summed E-state index contributed by atoms with van der Waals surface area (Å²) >= 11 is 0. The van der Waals surface area contributed by atoms with Crippen molar-refractivity contribution < 1.29 is 14.7 Å². The van der Waals surface area contributed by atoms with Crippen LogP contribution in [0.4, 0.5) is 0 Å². The maximum Gasteiger partial charge on any atom is 0.220 e. The SMILES string of the molecule is CCC(CO)NC(=O)CCC(=O)c1ccc(C)cc1. The first-order valence-electron chi connectivity index (χ1n) is 6.57. The Morgan fingerprint density at radius 3 is 2.37 bits per heavy atom. The van der Waals surface area contributed by atoms with E-state index in [9.17, 15) is 9.59 Å². The molecule has 104 valence electrons. The molecule has 0 spiro atoms. The van der Waals surface area contributed by atoms with Crippen LogP contribution in [0.2, 0.25) is 0 Å². The molecule has 0 aliphatic heterocycles. The molecule has 0 aromatic heterocycles. The van der Waals surface area contributed by atoms with Crippen LogP contribution in [-0.2, 0) is 4.79 Å². The van der Waals surface area contributed by atoms with Gasteiger partial charge in [-0.1, -0.05) is 36.8 Å². The Morgan fingerprint density at radius 2 is 1.84 bits per heavy atom. The molecule has 0 fully saturated rings. The van der Waals surface area contributed by atoms with Gasteiger partial charge >= 0.3 is 0 Å². The van der Waals surface area contributed by atoms with Crippen molar-refractivity contribution in [1.82, 2.24) is 5.32 Å². The van der Waals surface area contributed by atoms with Crippen molar-refractivity contribution >= 4 is 11.7 Å². The van der Waals surface area contributed by atoms with Crippen molar-refractivity contribution in [3.8, 4) is 0 Å². The highest BCUT2D eigenvalue weighted by Crippen LogP contribution is 2.07. The van der Waals surface area contributed by atoms with E-state index in [1.165, 1.54) is 0 Å². The van der Waals surface area contributed by atoms with Gasteiger partial charge in [-0.25, -0.2) is 0 Å². The topological polar surface area (TPSA) is 66.4 Å². The van der Waals surface area contributed by atoms with Crippen LogP contribution in [0.1, 0.15) is 42.1 Å². The Kier molecular flexibility index (Phi) is 6.22.